The summed E-state index contributed by atoms with van der Waals surface area (Å²) in [6, 6.07) is 17.6. The van der Waals surface area contributed by atoms with Gasteiger partial charge in [-0.1, -0.05) is 36.4 Å². The van der Waals surface area contributed by atoms with Crippen LogP contribution >= 0.6 is 0 Å². The van der Waals surface area contributed by atoms with Crippen LogP contribution in [0.3, 0.4) is 0 Å². The maximum Gasteiger partial charge on any atom is 0.148 e. The smallest absolute Gasteiger partial charge is 0.148 e. The van der Waals surface area contributed by atoms with Crippen molar-refractivity contribution >= 4 is 16.6 Å². The lowest BCUT2D eigenvalue weighted by molar-refractivity contribution is 1.05. The maximum absolute atomic E-state index is 4.32. The lowest BCUT2D eigenvalue weighted by Gasteiger charge is -2.01. The molecular weight excluding hydrogens is 234 g/mol. The first-order valence-corrected chi connectivity index (χ1v) is 6.70. The second-order valence-corrected chi connectivity index (χ2v) is 5.15. The number of H-pyrrole nitrogens is 1. The van der Waals surface area contributed by atoms with Gasteiger partial charge < -0.3 is 5.32 Å². The Morgan fingerprint density at radius 3 is 2.68 bits per heavy atom. The molecule has 0 amide bonds. The second-order valence-electron chi connectivity index (χ2n) is 5.15. The van der Waals surface area contributed by atoms with E-state index in [0.29, 0.717) is 6.04 Å². The molecule has 1 aromatic heterocycles. The largest absolute Gasteiger partial charge is 0.366 e. The van der Waals surface area contributed by atoms with Crippen LogP contribution in [-0.2, 0) is 0 Å². The molecule has 0 atom stereocenters. The molecule has 1 aliphatic carbocycles. The number of aromatic amines is 1. The highest BCUT2D eigenvalue weighted by Crippen LogP contribution is 2.27. The zero-order chi connectivity index (χ0) is 12.7. The van der Waals surface area contributed by atoms with Gasteiger partial charge in [-0.3, -0.25) is 5.10 Å². The van der Waals surface area contributed by atoms with E-state index in [1.165, 1.54) is 29.2 Å². The number of nitrogens with zero attached hydrogens (tertiary/aromatic N) is 1. The summed E-state index contributed by atoms with van der Waals surface area (Å²) < 4.78 is 0. The van der Waals surface area contributed by atoms with Crippen molar-refractivity contribution in [3.63, 3.8) is 0 Å². The van der Waals surface area contributed by atoms with E-state index in [1.807, 2.05) is 0 Å². The van der Waals surface area contributed by atoms with E-state index in [4.69, 9.17) is 0 Å². The molecule has 2 aromatic carbocycles. The second kappa shape index (κ2) is 4.12. The molecule has 0 bridgehead atoms. The Morgan fingerprint density at radius 2 is 1.84 bits per heavy atom. The molecule has 1 saturated carbocycles. The summed E-state index contributed by atoms with van der Waals surface area (Å²) in [5.74, 6) is 0.950. The summed E-state index contributed by atoms with van der Waals surface area (Å²) in [6.45, 7) is 0. The van der Waals surface area contributed by atoms with Gasteiger partial charge in [-0.25, -0.2) is 0 Å². The number of aromatic nitrogens is 2. The van der Waals surface area contributed by atoms with Gasteiger partial charge in [-0.05, 0) is 29.7 Å². The van der Waals surface area contributed by atoms with Crippen molar-refractivity contribution in [2.75, 3.05) is 5.32 Å². The molecule has 3 heteroatoms. The first-order chi connectivity index (χ1) is 9.38. The molecule has 4 rings (SSSR count). The Balaban J connectivity index is 1.70. The SMILES string of the molecule is c1ccc2cc(-c3cc(NC4CC4)n[nH]3)ccc2c1. The third kappa shape index (κ3) is 2.08. The van der Waals surface area contributed by atoms with Crippen LogP contribution in [0.15, 0.2) is 48.5 Å². The monoisotopic (exact) mass is 249 g/mol. The number of fused-ring (bicyclic) bond motifs is 1. The Bertz CT molecular complexity index is 725. The molecule has 0 spiro atoms. The highest BCUT2D eigenvalue weighted by Gasteiger charge is 2.21. The molecule has 0 unspecified atom stereocenters. The molecule has 1 heterocycles. The van der Waals surface area contributed by atoms with Crippen molar-refractivity contribution in [3.05, 3.63) is 48.5 Å². The average Bonchev–Trinajstić information content (AvgIpc) is 3.14. The third-order valence-corrected chi connectivity index (χ3v) is 3.57. The van der Waals surface area contributed by atoms with E-state index >= 15 is 0 Å². The molecular formula is C16H15N3. The number of nitrogens with one attached hydrogen (secondary N) is 2. The molecule has 2 N–H and O–H groups in total. The molecule has 94 valence electrons. The topological polar surface area (TPSA) is 40.7 Å². The fourth-order valence-corrected chi connectivity index (χ4v) is 2.34. The van der Waals surface area contributed by atoms with Gasteiger partial charge in [0.25, 0.3) is 0 Å². The molecule has 1 fully saturated rings. The minimum absolute atomic E-state index is 0.632. The molecule has 0 aliphatic heterocycles. The van der Waals surface area contributed by atoms with Crippen molar-refractivity contribution in [3.8, 4) is 11.3 Å². The highest BCUT2D eigenvalue weighted by atomic mass is 15.2. The van der Waals surface area contributed by atoms with Gasteiger partial charge in [-0.2, -0.15) is 5.10 Å². The van der Waals surface area contributed by atoms with E-state index in [9.17, 15) is 0 Å². The zero-order valence-electron chi connectivity index (χ0n) is 10.6. The standard InChI is InChI=1S/C16H15N3/c1-2-4-12-9-13(6-5-11(12)3-1)15-10-16(19-18-15)17-14-7-8-14/h1-6,9-10,14H,7-8H2,(H2,17,18,19). The lowest BCUT2D eigenvalue weighted by Crippen LogP contribution is -2.00. The number of rotatable bonds is 3. The Hall–Kier alpha value is -2.29. The summed E-state index contributed by atoms with van der Waals surface area (Å²) in [5.41, 5.74) is 2.24. The fraction of sp³-hybridized carbons (Fsp3) is 0.188. The summed E-state index contributed by atoms with van der Waals surface area (Å²) in [5, 5.41) is 13.3. The van der Waals surface area contributed by atoms with Crippen molar-refractivity contribution in [1.82, 2.24) is 10.2 Å². The van der Waals surface area contributed by atoms with Crippen molar-refractivity contribution in [2.24, 2.45) is 0 Å². The van der Waals surface area contributed by atoms with E-state index in [-0.39, 0.29) is 0 Å². The van der Waals surface area contributed by atoms with Gasteiger partial charge in [-0.15, -0.1) is 0 Å². The van der Waals surface area contributed by atoms with Crippen molar-refractivity contribution < 1.29 is 0 Å². The zero-order valence-corrected chi connectivity index (χ0v) is 10.6. The minimum Gasteiger partial charge on any atom is -0.366 e. The van der Waals surface area contributed by atoms with Crippen molar-refractivity contribution in [2.45, 2.75) is 18.9 Å². The maximum atomic E-state index is 4.32. The number of benzene rings is 2. The van der Waals surface area contributed by atoms with Crippen LogP contribution in [-0.4, -0.2) is 16.2 Å². The number of hydrogen-bond donors (Lipinski definition) is 2. The predicted molar refractivity (Wildman–Crippen MR) is 78.2 cm³/mol. The quantitative estimate of drug-likeness (QED) is 0.741. The number of anilines is 1. The predicted octanol–water partition coefficient (Wildman–Crippen LogP) is 3.80. The van der Waals surface area contributed by atoms with Crippen LogP contribution in [0.2, 0.25) is 0 Å². The Kier molecular flexibility index (Phi) is 2.30. The van der Waals surface area contributed by atoms with E-state index in [0.717, 1.165) is 11.5 Å². The normalized spacial score (nSPS) is 14.7. The van der Waals surface area contributed by atoms with Gasteiger partial charge >= 0.3 is 0 Å². The van der Waals surface area contributed by atoms with Crippen LogP contribution in [0.25, 0.3) is 22.0 Å². The lowest BCUT2D eigenvalue weighted by atomic mass is 10.1. The van der Waals surface area contributed by atoms with Crippen LogP contribution in [0.4, 0.5) is 5.82 Å². The average molecular weight is 249 g/mol. The molecule has 3 aromatic rings. The van der Waals surface area contributed by atoms with Crippen LogP contribution < -0.4 is 5.32 Å². The molecule has 0 radical (unpaired) electrons. The first-order valence-electron chi connectivity index (χ1n) is 6.70. The van der Waals surface area contributed by atoms with Crippen LogP contribution in [0.1, 0.15) is 12.8 Å². The highest BCUT2D eigenvalue weighted by molar-refractivity contribution is 5.86. The van der Waals surface area contributed by atoms with Crippen molar-refractivity contribution in [1.29, 1.82) is 0 Å². The van der Waals surface area contributed by atoms with Gasteiger partial charge in [0, 0.05) is 17.7 Å². The fourth-order valence-electron chi connectivity index (χ4n) is 2.34. The minimum atomic E-state index is 0.632. The van der Waals surface area contributed by atoms with Gasteiger partial charge in [0.05, 0.1) is 5.69 Å². The molecule has 19 heavy (non-hydrogen) atoms. The van der Waals surface area contributed by atoms with E-state index < -0.39 is 0 Å². The molecule has 0 saturated heterocycles. The van der Waals surface area contributed by atoms with E-state index in [1.54, 1.807) is 0 Å². The summed E-state index contributed by atoms with van der Waals surface area (Å²) in [4.78, 5) is 0. The molecule has 1 aliphatic rings. The van der Waals surface area contributed by atoms with Crippen LogP contribution in [0, 0.1) is 0 Å². The molecule has 3 nitrogen and oxygen atoms in total. The first kappa shape index (κ1) is 10.6. The van der Waals surface area contributed by atoms with Crippen LogP contribution in [0.5, 0.6) is 0 Å². The number of hydrogen-bond acceptors (Lipinski definition) is 2. The summed E-state index contributed by atoms with van der Waals surface area (Å²) in [6.07, 6.45) is 2.52. The van der Waals surface area contributed by atoms with Gasteiger partial charge in [0.15, 0.2) is 0 Å². The Labute approximate surface area is 111 Å². The van der Waals surface area contributed by atoms with Gasteiger partial charge in [0.2, 0.25) is 0 Å². The third-order valence-electron chi connectivity index (χ3n) is 3.57. The Morgan fingerprint density at radius 1 is 1.00 bits per heavy atom. The van der Waals surface area contributed by atoms with Gasteiger partial charge in [0.1, 0.15) is 5.82 Å². The summed E-state index contributed by atoms with van der Waals surface area (Å²) >= 11 is 0. The summed E-state index contributed by atoms with van der Waals surface area (Å²) in [7, 11) is 0. The van der Waals surface area contributed by atoms with E-state index in [2.05, 4.69) is 64.0 Å².